The van der Waals surface area contributed by atoms with Crippen molar-refractivity contribution in [3.8, 4) is 0 Å². The molecule has 0 aliphatic heterocycles. The molecule has 5 heteroatoms. The highest BCUT2D eigenvalue weighted by Gasteiger charge is 2.11. The van der Waals surface area contributed by atoms with Gasteiger partial charge in [-0.15, -0.1) is 0 Å². The second kappa shape index (κ2) is 6.09. The molecule has 0 spiro atoms. The number of benzene rings is 1. The van der Waals surface area contributed by atoms with Crippen LogP contribution in [0.4, 0.5) is 0 Å². The Balaban J connectivity index is 1.97. The zero-order valence-electron chi connectivity index (χ0n) is 11.9. The lowest BCUT2D eigenvalue weighted by atomic mass is 10.1. The smallest absolute Gasteiger partial charge is 0.242 e. The number of carbonyl (C=O) groups is 1. The Hall–Kier alpha value is -1.81. The van der Waals surface area contributed by atoms with E-state index in [0.717, 1.165) is 17.0 Å². The zero-order chi connectivity index (χ0) is 14.7. The summed E-state index contributed by atoms with van der Waals surface area (Å²) < 4.78 is 1.71. The fraction of sp³-hybridized carbons (Fsp3) is 0.333. The van der Waals surface area contributed by atoms with Crippen molar-refractivity contribution >= 4 is 17.5 Å². The van der Waals surface area contributed by atoms with Gasteiger partial charge < -0.3 is 5.32 Å². The van der Waals surface area contributed by atoms with Gasteiger partial charge in [-0.2, -0.15) is 5.10 Å². The van der Waals surface area contributed by atoms with Gasteiger partial charge in [0.1, 0.15) is 6.54 Å². The summed E-state index contributed by atoms with van der Waals surface area (Å²) in [6.07, 6.45) is 0. The summed E-state index contributed by atoms with van der Waals surface area (Å²) in [6, 6.07) is 9.36. The van der Waals surface area contributed by atoms with Crippen LogP contribution < -0.4 is 5.32 Å². The van der Waals surface area contributed by atoms with Crippen LogP contribution in [0.2, 0.25) is 5.02 Å². The van der Waals surface area contributed by atoms with E-state index in [-0.39, 0.29) is 18.5 Å². The Bertz CT molecular complexity index is 604. The topological polar surface area (TPSA) is 46.9 Å². The van der Waals surface area contributed by atoms with E-state index < -0.39 is 0 Å². The fourth-order valence-corrected chi connectivity index (χ4v) is 2.22. The van der Waals surface area contributed by atoms with Crippen LogP contribution in [0.5, 0.6) is 0 Å². The lowest BCUT2D eigenvalue weighted by Crippen LogP contribution is -2.30. The van der Waals surface area contributed by atoms with Crippen molar-refractivity contribution in [2.75, 3.05) is 0 Å². The SMILES string of the molecule is Cc1cc(C)n(CC(=O)NC(C)c2ccc(Cl)cc2)n1. The second-order valence-electron chi connectivity index (χ2n) is 4.93. The Morgan fingerprint density at radius 3 is 2.55 bits per heavy atom. The number of amides is 1. The molecule has 0 fully saturated rings. The van der Waals surface area contributed by atoms with E-state index >= 15 is 0 Å². The quantitative estimate of drug-likeness (QED) is 0.941. The summed E-state index contributed by atoms with van der Waals surface area (Å²) in [4.78, 5) is 12.0. The molecule has 20 heavy (non-hydrogen) atoms. The number of carbonyl (C=O) groups excluding carboxylic acids is 1. The molecular weight excluding hydrogens is 274 g/mol. The monoisotopic (exact) mass is 291 g/mol. The van der Waals surface area contributed by atoms with Crippen LogP contribution in [0.25, 0.3) is 0 Å². The Labute approximate surface area is 123 Å². The molecule has 1 aromatic carbocycles. The van der Waals surface area contributed by atoms with Gasteiger partial charge in [-0.05, 0) is 44.5 Å². The van der Waals surface area contributed by atoms with Crippen LogP contribution >= 0.6 is 11.6 Å². The molecule has 0 bridgehead atoms. The molecule has 1 aromatic heterocycles. The molecule has 106 valence electrons. The van der Waals surface area contributed by atoms with Crippen LogP contribution in [0.15, 0.2) is 30.3 Å². The predicted molar refractivity (Wildman–Crippen MR) is 79.7 cm³/mol. The molecule has 0 radical (unpaired) electrons. The lowest BCUT2D eigenvalue weighted by Gasteiger charge is -2.15. The maximum Gasteiger partial charge on any atom is 0.242 e. The van der Waals surface area contributed by atoms with E-state index in [1.165, 1.54) is 0 Å². The maximum absolute atomic E-state index is 12.0. The maximum atomic E-state index is 12.0. The number of hydrogen-bond acceptors (Lipinski definition) is 2. The molecule has 1 unspecified atom stereocenters. The van der Waals surface area contributed by atoms with Crippen molar-refractivity contribution in [1.29, 1.82) is 0 Å². The highest BCUT2D eigenvalue weighted by atomic mass is 35.5. The predicted octanol–water partition coefficient (Wildman–Crippen LogP) is 3.03. The van der Waals surface area contributed by atoms with Gasteiger partial charge in [0.2, 0.25) is 5.91 Å². The zero-order valence-corrected chi connectivity index (χ0v) is 12.6. The van der Waals surface area contributed by atoms with E-state index in [4.69, 9.17) is 11.6 Å². The van der Waals surface area contributed by atoms with Gasteiger partial charge in [0.05, 0.1) is 11.7 Å². The Kier molecular flexibility index (Phi) is 4.45. The standard InChI is InChI=1S/C15H18ClN3O/c1-10-8-11(2)19(18-10)9-15(20)17-12(3)13-4-6-14(16)7-5-13/h4-8,12H,9H2,1-3H3,(H,17,20). The number of rotatable bonds is 4. The van der Waals surface area contributed by atoms with E-state index in [1.807, 2.05) is 51.1 Å². The summed E-state index contributed by atoms with van der Waals surface area (Å²) in [6.45, 7) is 6.04. The first-order valence-corrected chi connectivity index (χ1v) is 6.89. The molecule has 0 saturated carbocycles. The number of aryl methyl sites for hydroxylation is 2. The number of nitrogens with one attached hydrogen (secondary N) is 1. The summed E-state index contributed by atoms with van der Waals surface area (Å²) in [5, 5.41) is 7.93. The number of hydrogen-bond donors (Lipinski definition) is 1. The molecule has 4 nitrogen and oxygen atoms in total. The molecule has 0 aliphatic carbocycles. The first-order chi connectivity index (χ1) is 9.45. The number of halogens is 1. The first-order valence-electron chi connectivity index (χ1n) is 6.51. The highest BCUT2D eigenvalue weighted by Crippen LogP contribution is 2.16. The molecule has 0 saturated heterocycles. The molecule has 2 aromatic rings. The normalized spacial score (nSPS) is 12.2. The largest absolute Gasteiger partial charge is 0.348 e. The molecular formula is C15H18ClN3O. The van der Waals surface area contributed by atoms with E-state index in [2.05, 4.69) is 10.4 Å². The molecule has 1 heterocycles. The van der Waals surface area contributed by atoms with Crippen LogP contribution in [0.3, 0.4) is 0 Å². The van der Waals surface area contributed by atoms with Crippen LogP contribution in [0, 0.1) is 13.8 Å². The summed E-state index contributed by atoms with van der Waals surface area (Å²) in [7, 11) is 0. The molecule has 2 rings (SSSR count). The van der Waals surface area contributed by atoms with Gasteiger partial charge in [0, 0.05) is 10.7 Å². The van der Waals surface area contributed by atoms with Crippen molar-refractivity contribution in [2.24, 2.45) is 0 Å². The Morgan fingerprint density at radius 1 is 1.35 bits per heavy atom. The molecule has 1 N–H and O–H groups in total. The highest BCUT2D eigenvalue weighted by molar-refractivity contribution is 6.30. The van der Waals surface area contributed by atoms with Crippen molar-refractivity contribution in [1.82, 2.24) is 15.1 Å². The van der Waals surface area contributed by atoms with Crippen molar-refractivity contribution < 1.29 is 4.79 Å². The third-order valence-electron chi connectivity index (χ3n) is 3.14. The van der Waals surface area contributed by atoms with Gasteiger partial charge in [-0.3, -0.25) is 9.48 Å². The summed E-state index contributed by atoms with van der Waals surface area (Å²) in [5.74, 6) is -0.0568. The van der Waals surface area contributed by atoms with Crippen LogP contribution in [0.1, 0.15) is 29.9 Å². The molecule has 0 aliphatic rings. The van der Waals surface area contributed by atoms with Crippen LogP contribution in [-0.2, 0) is 11.3 Å². The average Bonchev–Trinajstić information content (AvgIpc) is 2.68. The van der Waals surface area contributed by atoms with Crippen molar-refractivity contribution in [2.45, 2.75) is 33.4 Å². The average molecular weight is 292 g/mol. The third-order valence-corrected chi connectivity index (χ3v) is 3.40. The number of aromatic nitrogens is 2. The van der Waals surface area contributed by atoms with Crippen molar-refractivity contribution in [3.05, 3.63) is 52.3 Å². The minimum absolute atomic E-state index is 0.0568. The van der Waals surface area contributed by atoms with Gasteiger partial charge >= 0.3 is 0 Å². The fourth-order valence-electron chi connectivity index (χ4n) is 2.09. The molecule has 1 amide bonds. The van der Waals surface area contributed by atoms with Gasteiger partial charge in [0.15, 0.2) is 0 Å². The minimum Gasteiger partial charge on any atom is -0.348 e. The minimum atomic E-state index is -0.0586. The van der Waals surface area contributed by atoms with E-state index in [1.54, 1.807) is 4.68 Å². The van der Waals surface area contributed by atoms with Gasteiger partial charge in [0.25, 0.3) is 0 Å². The van der Waals surface area contributed by atoms with Crippen molar-refractivity contribution in [3.63, 3.8) is 0 Å². The first kappa shape index (κ1) is 14.6. The third kappa shape index (κ3) is 3.61. The van der Waals surface area contributed by atoms with E-state index in [9.17, 15) is 4.79 Å². The Morgan fingerprint density at radius 2 is 2.00 bits per heavy atom. The number of nitrogens with zero attached hydrogens (tertiary/aromatic N) is 2. The second-order valence-corrected chi connectivity index (χ2v) is 5.36. The summed E-state index contributed by atoms with van der Waals surface area (Å²) in [5.41, 5.74) is 2.92. The van der Waals surface area contributed by atoms with E-state index in [0.29, 0.717) is 5.02 Å². The van der Waals surface area contributed by atoms with Gasteiger partial charge in [-0.25, -0.2) is 0 Å². The van der Waals surface area contributed by atoms with Crippen LogP contribution in [-0.4, -0.2) is 15.7 Å². The molecule has 1 atom stereocenters. The lowest BCUT2D eigenvalue weighted by molar-refractivity contribution is -0.122. The van der Waals surface area contributed by atoms with Gasteiger partial charge in [-0.1, -0.05) is 23.7 Å². The summed E-state index contributed by atoms with van der Waals surface area (Å²) >= 11 is 5.85.